The van der Waals surface area contributed by atoms with E-state index in [1.54, 1.807) is 12.1 Å². The number of carbonyl (C=O) groups is 2. The second-order valence-corrected chi connectivity index (χ2v) is 13.7. The number of anilines is 1. The van der Waals surface area contributed by atoms with Crippen molar-refractivity contribution in [2.24, 2.45) is 5.41 Å². The van der Waals surface area contributed by atoms with Crippen LogP contribution in [-0.2, 0) is 15.0 Å². The summed E-state index contributed by atoms with van der Waals surface area (Å²) >= 11 is 12.6. The minimum atomic E-state index is -1.27. The van der Waals surface area contributed by atoms with E-state index < -0.39 is 29.2 Å². The molecule has 0 bridgehead atoms. The van der Waals surface area contributed by atoms with E-state index in [9.17, 15) is 14.7 Å². The highest BCUT2D eigenvalue weighted by Gasteiger charge is 2.65. The molecule has 3 heterocycles. The number of carbonyl (C=O) groups excluding carboxylic acids is 2. The SMILES string of the molecule is CC(C)(C)C[C@H]1N[C@@H](C(=O)NCCCN2CCC(O)CC2)[C@H](c2cccc(Cl)c2)[C@@]12C(=O)Nc1cc(Cl)c(F)cc12. The van der Waals surface area contributed by atoms with E-state index >= 15 is 4.39 Å². The van der Waals surface area contributed by atoms with Crippen molar-refractivity contribution in [1.29, 1.82) is 0 Å². The Morgan fingerprint density at radius 1 is 1.20 bits per heavy atom. The van der Waals surface area contributed by atoms with E-state index in [2.05, 4.69) is 41.6 Å². The first kappa shape index (κ1) is 30.2. The molecule has 4 atom stereocenters. The Balaban J connectivity index is 1.50. The molecule has 0 aliphatic carbocycles. The van der Waals surface area contributed by atoms with Crippen LogP contribution in [0.1, 0.15) is 63.5 Å². The monoisotopic (exact) mass is 604 g/mol. The van der Waals surface area contributed by atoms with Gasteiger partial charge in [-0.15, -0.1) is 0 Å². The van der Waals surface area contributed by atoms with Crippen LogP contribution in [0.25, 0.3) is 0 Å². The summed E-state index contributed by atoms with van der Waals surface area (Å²) in [5.41, 5.74) is 0.215. The molecule has 2 amide bonds. The number of halogens is 3. The molecule has 2 aromatic rings. The van der Waals surface area contributed by atoms with Crippen molar-refractivity contribution in [2.75, 3.05) is 31.5 Å². The topological polar surface area (TPSA) is 93.7 Å². The molecule has 4 N–H and O–H groups in total. The highest BCUT2D eigenvalue weighted by atomic mass is 35.5. The van der Waals surface area contributed by atoms with Gasteiger partial charge in [0.2, 0.25) is 11.8 Å². The zero-order valence-electron chi connectivity index (χ0n) is 23.8. The summed E-state index contributed by atoms with van der Waals surface area (Å²) in [4.78, 5) is 30.4. The van der Waals surface area contributed by atoms with E-state index in [0.29, 0.717) is 29.2 Å². The van der Waals surface area contributed by atoms with Gasteiger partial charge in [-0.05, 0) is 73.0 Å². The third kappa shape index (κ3) is 6.00. The number of benzene rings is 2. The highest BCUT2D eigenvalue weighted by Crippen LogP contribution is 2.57. The van der Waals surface area contributed by atoms with Crippen LogP contribution in [-0.4, -0.2) is 66.2 Å². The predicted molar refractivity (Wildman–Crippen MR) is 160 cm³/mol. The Labute approximate surface area is 251 Å². The number of hydrogen-bond donors (Lipinski definition) is 4. The third-order valence-corrected chi connectivity index (χ3v) is 9.22. The summed E-state index contributed by atoms with van der Waals surface area (Å²) in [6, 6.07) is 8.80. The Hall–Kier alpha value is -2.23. The molecule has 2 fully saturated rings. The number of likely N-dealkylation sites (tertiary alicyclic amines) is 1. The molecule has 0 aromatic heterocycles. The Morgan fingerprint density at radius 3 is 2.61 bits per heavy atom. The van der Waals surface area contributed by atoms with Crippen molar-refractivity contribution in [3.63, 3.8) is 0 Å². The smallest absolute Gasteiger partial charge is 0.237 e. The van der Waals surface area contributed by atoms with Crippen LogP contribution < -0.4 is 16.0 Å². The molecule has 2 saturated heterocycles. The van der Waals surface area contributed by atoms with Crippen molar-refractivity contribution in [3.05, 3.63) is 63.4 Å². The first-order valence-corrected chi connectivity index (χ1v) is 15.2. The molecule has 0 radical (unpaired) electrons. The third-order valence-electron chi connectivity index (χ3n) is 8.70. The van der Waals surface area contributed by atoms with Crippen molar-refractivity contribution in [3.8, 4) is 0 Å². The lowest BCUT2D eigenvalue weighted by Gasteiger charge is -2.37. The van der Waals surface area contributed by atoms with Gasteiger partial charge in [0.05, 0.1) is 17.2 Å². The Morgan fingerprint density at radius 2 is 1.93 bits per heavy atom. The Bertz CT molecular complexity index is 1310. The van der Waals surface area contributed by atoms with Crippen LogP contribution in [0.2, 0.25) is 10.0 Å². The number of aliphatic hydroxyl groups excluding tert-OH is 1. The molecular weight excluding hydrogens is 566 g/mol. The Kier molecular flexibility index (Phi) is 8.71. The summed E-state index contributed by atoms with van der Waals surface area (Å²) < 4.78 is 15.0. The number of nitrogens with zero attached hydrogens (tertiary/aromatic N) is 1. The van der Waals surface area contributed by atoms with Gasteiger partial charge < -0.3 is 26.0 Å². The van der Waals surface area contributed by atoms with E-state index in [0.717, 1.165) is 44.5 Å². The van der Waals surface area contributed by atoms with Crippen LogP contribution in [0.3, 0.4) is 0 Å². The van der Waals surface area contributed by atoms with Gasteiger partial charge in [0.25, 0.3) is 0 Å². The van der Waals surface area contributed by atoms with Crippen LogP contribution in [0.5, 0.6) is 0 Å². The van der Waals surface area contributed by atoms with Crippen molar-refractivity contribution < 1.29 is 19.1 Å². The molecule has 0 saturated carbocycles. The average molecular weight is 606 g/mol. The summed E-state index contributed by atoms with van der Waals surface area (Å²) in [7, 11) is 0. The van der Waals surface area contributed by atoms with Gasteiger partial charge in [-0.25, -0.2) is 4.39 Å². The predicted octanol–water partition coefficient (Wildman–Crippen LogP) is 4.85. The van der Waals surface area contributed by atoms with Gasteiger partial charge in [-0.2, -0.15) is 0 Å². The van der Waals surface area contributed by atoms with E-state index in [1.165, 1.54) is 12.1 Å². The first-order valence-electron chi connectivity index (χ1n) is 14.4. The summed E-state index contributed by atoms with van der Waals surface area (Å²) in [6.07, 6.45) is 2.64. The number of nitrogens with one attached hydrogen (secondary N) is 3. The van der Waals surface area contributed by atoms with E-state index in [-0.39, 0.29) is 28.4 Å². The maximum Gasteiger partial charge on any atom is 0.237 e. The van der Waals surface area contributed by atoms with Crippen molar-refractivity contribution >= 4 is 40.7 Å². The maximum atomic E-state index is 15.0. The van der Waals surface area contributed by atoms with Gasteiger partial charge in [0.1, 0.15) is 11.2 Å². The number of hydrogen-bond acceptors (Lipinski definition) is 5. The first-order chi connectivity index (χ1) is 19.4. The summed E-state index contributed by atoms with van der Waals surface area (Å²) in [5.74, 6) is -1.77. The fraction of sp³-hybridized carbons (Fsp3) is 0.548. The minimum absolute atomic E-state index is 0.0729. The summed E-state index contributed by atoms with van der Waals surface area (Å²) in [5, 5.41) is 19.8. The van der Waals surface area contributed by atoms with Gasteiger partial charge in [-0.3, -0.25) is 9.59 Å². The molecule has 3 aliphatic rings. The lowest BCUT2D eigenvalue weighted by Crippen LogP contribution is -2.49. The van der Waals surface area contributed by atoms with Crippen LogP contribution in [0, 0.1) is 11.2 Å². The average Bonchev–Trinajstić information content (AvgIpc) is 3.37. The standard InChI is InChI=1S/C31H39Cl2FN4O3/c1-30(2,3)17-25-31(21-15-23(34)22(33)16-24(21)36-29(31)41)26(18-6-4-7-19(32)14-18)27(37-25)28(40)35-10-5-11-38-12-8-20(39)9-13-38/h4,6-7,14-16,20,25-27,37,39H,5,8-13,17H2,1-3H3,(H,35,40)(H,36,41)/t25-,26+,27-,31+/m1/s1. The van der Waals surface area contributed by atoms with Crippen LogP contribution in [0.4, 0.5) is 10.1 Å². The lowest BCUT2D eigenvalue weighted by molar-refractivity contribution is -0.123. The number of rotatable bonds is 7. The molecular formula is C31H39Cl2FN4O3. The molecule has 5 rings (SSSR count). The molecule has 41 heavy (non-hydrogen) atoms. The lowest BCUT2D eigenvalue weighted by atomic mass is 9.62. The zero-order chi connectivity index (χ0) is 29.5. The van der Waals surface area contributed by atoms with Gasteiger partial charge in [0.15, 0.2) is 0 Å². The summed E-state index contributed by atoms with van der Waals surface area (Å²) in [6.45, 7) is 9.25. The van der Waals surface area contributed by atoms with Crippen LogP contribution in [0.15, 0.2) is 36.4 Å². The second kappa shape index (κ2) is 11.8. The molecule has 222 valence electrons. The number of amides is 2. The normalized spacial score (nSPS) is 26.8. The van der Waals surface area contributed by atoms with Crippen molar-refractivity contribution in [1.82, 2.24) is 15.5 Å². The van der Waals surface area contributed by atoms with Gasteiger partial charge in [-0.1, -0.05) is 56.1 Å². The fourth-order valence-corrected chi connectivity index (χ4v) is 7.26. The molecule has 0 unspecified atom stereocenters. The quantitative estimate of drug-likeness (QED) is 0.339. The minimum Gasteiger partial charge on any atom is -0.393 e. The molecule has 7 nitrogen and oxygen atoms in total. The molecule has 2 aromatic carbocycles. The van der Waals surface area contributed by atoms with E-state index in [1.807, 2.05) is 12.1 Å². The number of aliphatic hydroxyl groups is 1. The molecule has 10 heteroatoms. The largest absolute Gasteiger partial charge is 0.393 e. The number of fused-ring (bicyclic) bond motifs is 2. The molecule has 3 aliphatic heterocycles. The van der Waals surface area contributed by atoms with Crippen LogP contribution >= 0.6 is 23.2 Å². The second-order valence-electron chi connectivity index (χ2n) is 12.8. The highest BCUT2D eigenvalue weighted by molar-refractivity contribution is 6.31. The van der Waals surface area contributed by atoms with E-state index in [4.69, 9.17) is 23.2 Å². The number of piperidine rings is 1. The van der Waals surface area contributed by atoms with Crippen molar-refractivity contribution in [2.45, 2.75) is 76.0 Å². The van der Waals surface area contributed by atoms with Gasteiger partial charge >= 0.3 is 0 Å². The molecule has 1 spiro atoms. The maximum absolute atomic E-state index is 15.0. The van der Waals surface area contributed by atoms with Gasteiger partial charge in [0, 0.05) is 42.3 Å². The fourth-order valence-electron chi connectivity index (χ4n) is 6.90. The zero-order valence-corrected chi connectivity index (χ0v) is 25.3.